The molecule has 3 aromatic rings. The molecule has 0 fully saturated rings. The van der Waals surface area contributed by atoms with Crippen LogP contribution in [0.15, 0.2) is 59.5 Å². The van der Waals surface area contributed by atoms with Crippen LogP contribution in [0, 0.1) is 13.8 Å². The Morgan fingerprint density at radius 2 is 1.70 bits per heavy atom. The maximum Gasteiger partial charge on any atom is 0.340 e. The number of rotatable bonds is 7. The van der Waals surface area contributed by atoms with Gasteiger partial charge in [-0.2, -0.15) is 0 Å². The number of anilines is 2. The number of nitrogens with zero attached hydrogens (tertiary/aromatic N) is 1. The Hall–Kier alpha value is -3.59. The molecule has 0 spiro atoms. The number of hydrogen-bond donors (Lipinski definition) is 2. The number of H-pyrrole nitrogens is 1. The maximum absolute atomic E-state index is 13.1. The average Bonchev–Trinajstić information content (AvgIpc) is 3.07. The molecule has 174 valence electrons. The lowest BCUT2D eigenvalue weighted by Crippen LogP contribution is -2.26. The number of hydrogen-bond acceptors (Lipinski definition) is 5. The Bertz CT molecular complexity index is 1280. The van der Waals surface area contributed by atoms with Crippen molar-refractivity contribution in [1.82, 2.24) is 4.98 Å². The number of esters is 1. The largest absolute Gasteiger partial charge is 0.459 e. The maximum atomic E-state index is 13.1. The van der Waals surface area contributed by atoms with E-state index in [1.807, 2.05) is 0 Å². The second kappa shape index (κ2) is 9.50. The third-order valence-corrected chi connectivity index (χ3v) is 6.86. The van der Waals surface area contributed by atoms with Crippen molar-refractivity contribution in [2.24, 2.45) is 0 Å². The number of aryl methyl sites for hydroxylation is 1. The number of aromatic nitrogens is 1. The normalized spacial score (nSPS) is 11.3. The third kappa shape index (κ3) is 5.09. The molecular weight excluding hydrogens is 442 g/mol. The van der Waals surface area contributed by atoms with Crippen LogP contribution in [0.5, 0.6) is 0 Å². The molecule has 0 aliphatic carbocycles. The topological polar surface area (TPSA) is 109 Å². The molecule has 9 heteroatoms. The zero-order valence-corrected chi connectivity index (χ0v) is 20.0. The monoisotopic (exact) mass is 469 g/mol. The molecule has 0 saturated carbocycles. The number of para-hydroxylation sites is 1. The minimum absolute atomic E-state index is 0.0345. The summed E-state index contributed by atoms with van der Waals surface area (Å²) in [5.41, 5.74) is 2.32. The standard InChI is InChI=1S/C24H27N3O5S/c1-15(2)32-24(29)21-16(3)22(25-17(21)4)23(28)26-18-10-9-13-20(14-18)33(30,31)27(5)19-11-7-6-8-12-19/h6-15,25H,1-5H3,(H,26,28). The molecule has 1 amide bonds. The Morgan fingerprint density at radius 3 is 2.33 bits per heavy atom. The zero-order chi connectivity index (χ0) is 24.3. The van der Waals surface area contributed by atoms with Gasteiger partial charge < -0.3 is 15.0 Å². The van der Waals surface area contributed by atoms with Gasteiger partial charge in [0, 0.05) is 18.4 Å². The minimum atomic E-state index is -3.84. The highest BCUT2D eigenvalue weighted by Gasteiger charge is 2.25. The number of carbonyl (C=O) groups is 2. The van der Waals surface area contributed by atoms with Gasteiger partial charge in [-0.05, 0) is 63.6 Å². The number of ether oxygens (including phenoxy) is 1. The van der Waals surface area contributed by atoms with Crippen LogP contribution in [-0.4, -0.2) is 38.4 Å². The van der Waals surface area contributed by atoms with E-state index in [9.17, 15) is 18.0 Å². The molecule has 0 aliphatic rings. The number of amides is 1. The number of nitrogens with one attached hydrogen (secondary N) is 2. The van der Waals surface area contributed by atoms with E-state index in [0.717, 1.165) is 0 Å². The summed E-state index contributed by atoms with van der Waals surface area (Å²) in [6, 6.07) is 14.7. The second-order valence-corrected chi connectivity index (χ2v) is 9.84. The number of carbonyl (C=O) groups excluding carboxylic acids is 2. The van der Waals surface area contributed by atoms with Gasteiger partial charge in [-0.1, -0.05) is 24.3 Å². The van der Waals surface area contributed by atoms with Crippen molar-refractivity contribution in [3.8, 4) is 0 Å². The summed E-state index contributed by atoms with van der Waals surface area (Å²) in [6.07, 6.45) is -0.290. The smallest absolute Gasteiger partial charge is 0.340 e. The summed E-state index contributed by atoms with van der Waals surface area (Å²) in [6.45, 7) is 6.84. The molecule has 3 rings (SSSR count). The first-order valence-electron chi connectivity index (χ1n) is 10.4. The van der Waals surface area contributed by atoms with Crippen LogP contribution in [0.4, 0.5) is 11.4 Å². The van der Waals surface area contributed by atoms with E-state index in [4.69, 9.17) is 4.74 Å². The Labute approximate surface area is 193 Å². The van der Waals surface area contributed by atoms with Crippen molar-refractivity contribution in [1.29, 1.82) is 0 Å². The van der Waals surface area contributed by atoms with Gasteiger partial charge in [-0.3, -0.25) is 9.10 Å². The van der Waals surface area contributed by atoms with Crippen molar-refractivity contribution in [2.75, 3.05) is 16.7 Å². The molecule has 1 heterocycles. The van der Waals surface area contributed by atoms with E-state index in [1.54, 1.807) is 70.2 Å². The lowest BCUT2D eigenvalue weighted by atomic mass is 10.1. The quantitative estimate of drug-likeness (QED) is 0.502. The summed E-state index contributed by atoms with van der Waals surface area (Å²) >= 11 is 0. The van der Waals surface area contributed by atoms with Crippen LogP contribution in [0.25, 0.3) is 0 Å². The fourth-order valence-electron chi connectivity index (χ4n) is 3.42. The van der Waals surface area contributed by atoms with Crippen LogP contribution >= 0.6 is 0 Å². The van der Waals surface area contributed by atoms with Crippen LogP contribution < -0.4 is 9.62 Å². The Kier molecular flexibility index (Phi) is 6.92. The number of sulfonamides is 1. The average molecular weight is 470 g/mol. The van der Waals surface area contributed by atoms with E-state index in [-0.39, 0.29) is 16.7 Å². The van der Waals surface area contributed by atoms with Gasteiger partial charge in [0.15, 0.2) is 0 Å². The van der Waals surface area contributed by atoms with Crippen molar-refractivity contribution >= 4 is 33.3 Å². The highest BCUT2D eigenvalue weighted by molar-refractivity contribution is 7.92. The van der Waals surface area contributed by atoms with Gasteiger partial charge in [0.2, 0.25) is 0 Å². The van der Waals surface area contributed by atoms with Crippen molar-refractivity contribution in [3.63, 3.8) is 0 Å². The fourth-order valence-corrected chi connectivity index (χ4v) is 4.66. The molecule has 2 N–H and O–H groups in total. The summed E-state index contributed by atoms with van der Waals surface area (Å²) < 4.78 is 32.6. The van der Waals surface area contributed by atoms with Crippen LogP contribution in [0.1, 0.15) is 46.0 Å². The predicted molar refractivity (Wildman–Crippen MR) is 127 cm³/mol. The van der Waals surface area contributed by atoms with E-state index < -0.39 is 21.9 Å². The molecule has 8 nitrogen and oxygen atoms in total. The van der Waals surface area contributed by atoms with E-state index in [2.05, 4.69) is 10.3 Å². The minimum Gasteiger partial charge on any atom is -0.459 e. The lowest BCUT2D eigenvalue weighted by molar-refractivity contribution is 0.0376. The zero-order valence-electron chi connectivity index (χ0n) is 19.2. The molecule has 1 aromatic heterocycles. The highest BCUT2D eigenvalue weighted by Crippen LogP contribution is 2.25. The molecular formula is C24H27N3O5S. The van der Waals surface area contributed by atoms with Crippen LogP contribution in [-0.2, 0) is 14.8 Å². The number of benzene rings is 2. The first-order valence-corrected chi connectivity index (χ1v) is 11.8. The number of aromatic amines is 1. The first-order chi connectivity index (χ1) is 15.5. The molecule has 33 heavy (non-hydrogen) atoms. The molecule has 0 atom stereocenters. The molecule has 0 bridgehead atoms. The molecule has 0 aliphatic heterocycles. The summed E-state index contributed by atoms with van der Waals surface area (Å²) in [5.74, 6) is -1.00. The molecule has 0 radical (unpaired) electrons. The first kappa shape index (κ1) is 24.1. The lowest BCUT2D eigenvalue weighted by Gasteiger charge is -2.19. The van der Waals surface area contributed by atoms with Gasteiger partial charge in [0.05, 0.1) is 22.3 Å². The SMILES string of the molecule is Cc1[nH]c(C(=O)Nc2cccc(S(=O)(=O)N(C)c3ccccc3)c2)c(C)c1C(=O)OC(C)C. The van der Waals surface area contributed by atoms with E-state index in [0.29, 0.717) is 28.2 Å². The molecule has 2 aromatic carbocycles. The second-order valence-electron chi connectivity index (χ2n) is 7.87. The Morgan fingerprint density at radius 1 is 1.03 bits per heavy atom. The van der Waals surface area contributed by atoms with Crippen LogP contribution in [0.2, 0.25) is 0 Å². The Balaban J connectivity index is 1.85. The van der Waals surface area contributed by atoms with E-state index in [1.165, 1.54) is 23.5 Å². The third-order valence-electron chi connectivity index (χ3n) is 5.08. The van der Waals surface area contributed by atoms with E-state index >= 15 is 0 Å². The van der Waals surface area contributed by atoms with Gasteiger partial charge in [-0.15, -0.1) is 0 Å². The van der Waals surface area contributed by atoms with Crippen molar-refractivity contribution < 1.29 is 22.7 Å². The van der Waals surface area contributed by atoms with Gasteiger partial charge in [0.1, 0.15) is 5.69 Å². The van der Waals surface area contributed by atoms with Crippen LogP contribution in [0.3, 0.4) is 0 Å². The summed E-state index contributed by atoms with van der Waals surface area (Å²) in [7, 11) is -2.36. The molecule has 0 saturated heterocycles. The molecule has 0 unspecified atom stereocenters. The van der Waals surface area contributed by atoms with Gasteiger partial charge in [-0.25, -0.2) is 13.2 Å². The highest BCUT2D eigenvalue weighted by atomic mass is 32.2. The van der Waals surface area contributed by atoms with Crippen molar-refractivity contribution in [3.05, 3.63) is 77.1 Å². The van der Waals surface area contributed by atoms with Crippen molar-refractivity contribution in [2.45, 2.75) is 38.7 Å². The fraction of sp³-hybridized carbons (Fsp3) is 0.250. The predicted octanol–water partition coefficient (Wildman–Crippen LogP) is 4.27. The van der Waals surface area contributed by atoms with Gasteiger partial charge in [0.25, 0.3) is 15.9 Å². The van der Waals surface area contributed by atoms with Gasteiger partial charge >= 0.3 is 5.97 Å². The summed E-state index contributed by atoms with van der Waals surface area (Å²) in [4.78, 5) is 28.3. The summed E-state index contributed by atoms with van der Waals surface area (Å²) in [5, 5.41) is 2.71.